The number of hydrogen-bond donors (Lipinski definition) is 0. The summed E-state index contributed by atoms with van der Waals surface area (Å²) >= 11 is 0. The Labute approximate surface area is 154 Å². The minimum atomic E-state index is -0.0104. The normalized spacial score (nSPS) is 15.4. The Morgan fingerprint density at radius 2 is 1.92 bits per heavy atom. The van der Waals surface area contributed by atoms with Gasteiger partial charge in [0, 0.05) is 44.8 Å². The van der Waals surface area contributed by atoms with Crippen LogP contribution in [0.4, 0.5) is 0 Å². The molecule has 0 unspecified atom stereocenters. The van der Waals surface area contributed by atoms with E-state index in [2.05, 4.69) is 26.4 Å². The first kappa shape index (κ1) is 18.5. The SMILES string of the molecule is COCc1ncc(C)n1CCC1CCN(C(=O)c2cnc(C)cn2)CC1. The number of carbonyl (C=O) groups excluding carboxylic acids is 1. The predicted molar refractivity (Wildman–Crippen MR) is 97.7 cm³/mol. The second-order valence-electron chi connectivity index (χ2n) is 6.97. The molecule has 0 radical (unpaired) electrons. The number of nitrogens with zero attached hydrogens (tertiary/aromatic N) is 5. The minimum absolute atomic E-state index is 0.0104. The highest BCUT2D eigenvalue weighted by Gasteiger charge is 2.24. The zero-order chi connectivity index (χ0) is 18.5. The van der Waals surface area contributed by atoms with E-state index in [1.165, 1.54) is 5.69 Å². The fraction of sp³-hybridized carbons (Fsp3) is 0.579. The number of rotatable bonds is 6. The molecule has 140 valence electrons. The number of aromatic nitrogens is 4. The van der Waals surface area contributed by atoms with Crippen molar-refractivity contribution in [2.45, 2.75) is 46.3 Å². The third-order valence-corrected chi connectivity index (χ3v) is 5.07. The molecule has 26 heavy (non-hydrogen) atoms. The van der Waals surface area contributed by atoms with Crippen LogP contribution in [0.2, 0.25) is 0 Å². The first-order chi connectivity index (χ1) is 12.6. The summed E-state index contributed by atoms with van der Waals surface area (Å²) in [6, 6.07) is 0. The van der Waals surface area contributed by atoms with E-state index >= 15 is 0 Å². The largest absolute Gasteiger partial charge is 0.377 e. The Balaban J connectivity index is 1.50. The Morgan fingerprint density at radius 1 is 1.15 bits per heavy atom. The molecule has 0 bridgehead atoms. The molecule has 0 atom stereocenters. The first-order valence-electron chi connectivity index (χ1n) is 9.16. The summed E-state index contributed by atoms with van der Waals surface area (Å²) in [4.78, 5) is 27.2. The monoisotopic (exact) mass is 357 g/mol. The maximum Gasteiger partial charge on any atom is 0.274 e. The zero-order valence-corrected chi connectivity index (χ0v) is 15.8. The van der Waals surface area contributed by atoms with Gasteiger partial charge in [-0.1, -0.05) is 0 Å². The first-order valence-corrected chi connectivity index (χ1v) is 9.16. The molecule has 1 amide bonds. The molecule has 0 aliphatic carbocycles. The number of methoxy groups -OCH3 is 1. The van der Waals surface area contributed by atoms with Gasteiger partial charge < -0.3 is 14.2 Å². The number of likely N-dealkylation sites (tertiary alicyclic amines) is 1. The lowest BCUT2D eigenvalue weighted by molar-refractivity contribution is 0.0678. The molecule has 7 heteroatoms. The number of carbonyl (C=O) groups is 1. The van der Waals surface area contributed by atoms with Crippen molar-refractivity contribution < 1.29 is 9.53 Å². The summed E-state index contributed by atoms with van der Waals surface area (Å²) in [6.45, 7) is 7.01. The van der Waals surface area contributed by atoms with Crippen molar-refractivity contribution in [3.05, 3.63) is 41.5 Å². The molecule has 1 saturated heterocycles. The molecule has 1 fully saturated rings. The highest BCUT2D eigenvalue weighted by atomic mass is 16.5. The molecule has 2 aromatic rings. The molecule has 0 aromatic carbocycles. The predicted octanol–water partition coefficient (Wildman–Crippen LogP) is 2.38. The average Bonchev–Trinajstić information content (AvgIpc) is 3.00. The van der Waals surface area contributed by atoms with Crippen LogP contribution in [-0.2, 0) is 17.9 Å². The van der Waals surface area contributed by atoms with Gasteiger partial charge >= 0.3 is 0 Å². The molecular weight excluding hydrogens is 330 g/mol. The molecule has 3 rings (SSSR count). The van der Waals surface area contributed by atoms with Gasteiger partial charge in [-0.15, -0.1) is 0 Å². The van der Waals surface area contributed by atoms with Gasteiger partial charge in [0.15, 0.2) is 0 Å². The van der Waals surface area contributed by atoms with Crippen LogP contribution in [0.15, 0.2) is 18.6 Å². The summed E-state index contributed by atoms with van der Waals surface area (Å²) in [5.41, 5.74) is 2.43. The maximum atomic E-state index is 12.5. The van der Waals surface area contributed by atoms with Crippen LogP contribution < -0.4 is 0 Å². The molecule has 1 aliphatic heterocycles. The fourth-order valence-corrected chi connectivity index (χ4v) is 3.46. The summed E-state index contributed by atoms with van der Waals surface area (Å²) in [7, 11) is 1.69. The number of ether oxygens (including phenoxy) is 1. The van der Waals surface area contributed by atoms with E-state index in [0.29, 0.717) is 18.2 Å². The van der Waals surface area contributed by atoms with Gasteiger partial charge in [0.1, 0.15) is 18.1 Å². The van der Waals surface area contributed by atoms with Crippen molar-refractivity contribution in [3.63, 3.8) is 0 Å². The van der Waals surface area contributed by atoms with Gasteiger partial charge in [0.25, 0.3) is 5.91 Å². The summed E-state index contributed by atoms with van der Waals surface area (Å²) in [5, 5.41) is 0. The lowest BCUT2D eigenvalue weighted by Gasteiger charge is -2.32. The second-order valence-corrected chi connectivity index (χ2v) is 6.97. The molecule has 1 aliphatic rings. The van der Waals surface area contributed by atoms with Crippen molar-refractivity contribution in [3.8, 4) is 0 Å². The standard InChI is InChI=1S/C19H27N5O2/c1-14-10-21-17(12-20-14)19(25)23-7-4-16(5-8-23)6-9-24-15(2)11-22-18(24)13-26-3/h10-12,16H,4-9,13H2,1-3H3. The highest BCUT2D eigenvalue weighted by Crippen LogP contribution is 2.23. The minimum Gasteiger partial charge on any atom is -0.377 e. The number of imidazole rings is 1. The van der Waals surface area contributed by atoms with Crippen molar-refractivity contribution in [1.29, 1.82) is 0 Å². The van der Waals surface area contributed by atoms with Gasteiger partial charge in [-0.25, -0.2) is 9.97 Å². The number of aryl methyl sites for hydroxylation is 2. The quantitative estimate of drug-likeness (QED) is 0.794. The van der Waals surface area contributed by atoms with Crippen LogP contribution in [0.5, 0.6) is 0 Å². The van der Waals surface area contributed by atoms with Crippen LogP contribution in [0.1, 0.15) is 47.0 Å². The van der Waals surface area contributed by atoms with Gasteiger partial charge in [0.2, 0.25) is 0 Å². The van der Waals surface area contributed by atoms with Gasteiger partial charge in [-0.05, 0) is 39.0 Å². The summed E-state index contributed by atoms with van der Waals surface area (Å²) in [6.07, 6.45) is 8.27. The van der Waals surface area contributed by atoms with E-state index in [1.54, 1.807) is 19.5 Å². The zero-order valence-electron chi connectivity index (χ0n) is 15.8. The fourth-order valence-electron chi connectivity index (χ4n) is 3.46. The molecule has 2 aromatic heterocycles. The van der Waals surface area contributed by atoms with E-state index in [-0.39, 0.29) is 5.91 Å². The van der Waals surface area contributed by atoms with E-state index < -0.39 is 0 Å². The van der Waals surface area contributed by atoms with E-state index in [1.807, 2.05) is 18.0 Å². The van der Waals surface area contributed by atoms with Crippen LogP contribution in [-0.4, -0.2) is 50.5 Å². The van der Waals surface area contributed by atoms with Crippen LogP contribution in [0.25, 0.3) is 0 Å². The Kier molecular flexibility index (Phi) is 5.98. The number of hydrogen-bond acceptors (Lipinski definition) is 5. The Morgan fingerprint density at radius 3 is 2.58 bits per heavy atom. The highest BCUT2D eigenvalue weighted by molar-refractivity contribution is 5.92. The van der Waals surface area contributed by atoms with E-state index in [4.69, 9.17) is 4.74 Å². The summed E-state index contributed by atoms with van der Waals surface area (Å²) < 4.78 is 7.46. The van der Waals surface area contributed by atoms with Gasteiger partial charge in [-0.3, -0.25) is 9.78 Å². The molecule has 7 nitrogen and oxygen atoms in total. The third kappa shape index (κ3) is 4.27. The average molecular weight is 357 g/mol. The Hall–Kier alpha value is -2.28. The molecular formula is C19H27N5O2. The Bertz CT molecular complexity index is 733. The number of amides is 1. The van der Waals surface area contributed by atoms with Crippen molar-refractivity contribution in [2.24, 2.45) is 5.92 Å². The van der Waals surface area contributed by atoms with Crippen molar-refractivity contribution in [2.75, 3.05) is 20.2 Å². The maximum absolute atomic E-state index is 12.5. The molecule has 0 N–H and O–H groups in total. The van der Waals surface area contributed by atoms with Crippen LogP contribution >= 0.6 is 0 Å². The molecule has 3 heterocycles. The van der Waals surface area contributed by atoms with Gasteiger partial charge in [-0.2, -0.15) is 0 Å². The van der Waals surface area contributed by atoms with Crippen molar-refractivity contribution in [1.82, 2.24) is 24.4 Å². The molecule has 0 spiro atoms. The summed E-state index contributed by atoms with van der Waals surface area (Å²) in [5.74, 6) is 1.60. The van der Waals surface area contributed by atoms with Crippen LogP contribution in [0, 0.1) is 19.8 Å². The third-order valence-electron chi connectivity index (χ3n) is 5.07. The lowest BCUT2D eigenvalue weighted by atomic mass is 9.93. The smallest absolute Gasteiger partial charge is 0.274 e. The van der Waals surface area contributed by atoms with Crippen molar-refractivity contribution >= 4 is 5.91 Å². The van der Waals surface area contributed by atoms with Gasteiger partial charge in [0.05, 0.1) is 11.9 Å². The van der Waals surface area contributed by atoms with E-state index in [9.17, 15) is 4.79 Å². The topological polar surface area (TPSA) is 73.1 Å². The second kappa shape index (κ2) is 8.40. The van der Waals surface area contributed by atoms with Crippen LogP contribution in [0.3, 0.4) is 0 Å². The lowest BCUT2D eigenvalue weighted by Crippen LogP contribution is -2.39. The number of piperidine rings is 1. The van der Waals surface area contributed by atoms with E-state index in [0.717, 1.165) is 50.4 Å². The molecule has 0 saturated carbocycles.